The zero-order valence-electron chi connectivity index (χ0n) is 12.1. The maximum Gasteiger partial charge on any atom is 0.243 e. The molecule has 0 radical (unpaired) electrons. The van der Waals surface area contributed by atoms with Crippen molar-refractivity contribution in [1.29, 1.82) is 0 Å². The fourth-order valence-corrected chi connectivity index (χ4v) is 2.88. The van der Waals surface area contributed by atoms with Gasteiger partial charge in [0, 0.05) is 12.2 Å². The smallest absolute Gasteiger partial charge is 0.243 e. The quantitative estimate of drug-likeness (QED) is 0.589. The van der Waals surface area contributed by atoms with E-state index in [0.29, 0.717) is 12.0 Å². The fraction of sp³-hybridized carbons (Fsp3) is 0.538. The Bertz CT molecular complexity index is 559. The van der Waals surface area contributed by atoms with E-state index in [0.717, 1.165) is 25.1 Å². The highest BCUT2D eigenvalue weighted by Crippen LogP contribution is 2.21. The number of sulfonamides is 1. The number of nitrogens with zero attached hydrogens (tertiary/aromatic N) is 1. The number of nitrogen functional groups attached to an aromatic ring is 1. The summed E-state index contributed by atoms with van der Waals surface area (Å²) in [4.78, 5) is 1.63. The summed E-state index contributed by atoms with van der Waals surface area (Å²) in [5.41, 5.74) is 6.42. The summed E-state index contributed by atoms with van der Waals surface area (Å²) in [6, 6.07) is 2.29. The number of hydrogen-bond acceptors (Lipinski definition) is 4. The molecule has 0 aliphatic rings. The van der Waals surface area contributed by atoms with E-state index in [1.165, 1.54) is 0 Å². The van der Waals surface area contributed by atoms with Crippen LogP contribution in [0.3, 0.4) is 0 Å². The summed E-state index contributed by atoms with van der Waals surface area (Å²) in [7, 11) is 0.0565. The molecule has 3 N–H and O–H groups in total. The van der Waals surface area contributed by atoms with E-state index >= 15 is 0 Å². The molecule has 5 nitrogen and oxygen atoms in total. The van der Waals surface area contributed by atoms with Gasteiger partial charge < -0.3 is 10.6 Å². The molecule has 0 amide bonds. The van der Waals surface area contributed by atoms with E-state index in [-0.39, 0.29) is 12.2 Å². The summed E-state index contributed by atoms with van der Waals surface area (Å²) in [5.74, 6) is -0.780. The van der Waals surface area contributed by atoms with Crippen molar-refractivity contribution < 1.29 is 12.8 Å². The topological polar surface area (TPSA) is 75.4 Å². The van der Waals surface area contributed by atoms with Crippen LogP contribution < -0.4 is 10.5 Å². The number of unbranched alkanes of at least 4 members (excludes halogenated alkanes) is 1. The van der Waals surface area contributed by atoms with Gasteiger partial charge in [0.05, 0.1) is 0 Å². The number of benzene rings is 1. The van der Waals surface area contributed by atoms with Crippen molar-refractivity contribution in [3.63, 3.8) is 0 Å². The maximum absolute atomic E-state index is 13.7. The minimum Gasteiger partial charge on any atom is -0.398 e. The van der Waals surface area contributed by atoms with Crippen LogP contribution in [0, 0.1) is 12.7 Å². The van der Waals surface area contributed by atoms with Crippen LogP contribution in [-0.4, -0.2) is 40.5 Å². The molecule has 0 heterocycles. The molecule has 0 atom stereocenters. The number of halogens is 1. The van der Waals surface area contributed by atoms with E-state index < -0.39 is 20.7 Å². The highest BCUT2D eigenvalue weighted by atomic mass is 32.2. The molecular weight excluding hydrogens is 281 g/mol. The third-order valence-electron chi connectivity index (χ3n) is 2.93. The molecule has 20 heavy (non-hydrogen) atoms. The number of nitrogens with two attached hydrogens (primary N) is 1. The Balaban J connectivity index is 2.68. The van der Waals surface area contributed by atoms with Gasteiger partial charge in [0.15, 0.2) is 0 Å². The van der Waals surface area contributed by atoms with Crippen molar-refractivity contribution in [2.24, 2.45) is 0 Å². The number of anilines is 1. The molecule has 0 bridgehead atoms. The van der Waals surface area contributed by atoms with Crippen LogP contribution in [0.1, 0.15) is 18.4 Å². The zero-order valence-corrected chi connectivity index (χ0v) is 12.9. The first-order valence-corrected chi connectivity index (χ1v) is 7.92. The number of rotatable bonds is 7. The van der Waals surface area contributed by atoms with Crippen LogP contribution in [0.4, 0.5) is 10.1 Å². The van der Waals surface area contributed by atoms with E-state index in [1.807, 2.05) is 19.0 Å². The summed E-state index contributed by atoms with van der Waals surface area (Å²) in [6.07, 6.45) is 1.56. The number of hydrogen-bond donors (Lipinski definition) is 2. The van der Waals surface area contributed by atoms with Gasteiger partial charge in [-0.15, -0.1) is 0 Å². The molecule has 0 saturated heterocycles. The lowest BCUT2D eigenvalue weighted by Crippen LogP contribution is -2.26. The number of nitrogens with one attached hydrogen (secondary N) is 1. The molecule has 114 valence electrons. The minimum atomic E-state index is -3.85. The first-order chi connectivity index (χ1) is 9.24. The van der Waals surface area contributed by atoms with E-state index in [1.54, 1.807) is 6.92 Å². The Kier molecular flexibility index (Phi) is 5.91. The lowest BCUT2D eigenvalue weighted by Gasteiger charge is -2.11. The van der Waals surface area contributed by atoms with Gasteiger partial charge in [-0.05, 0) is 58.1 Å². The van der Waals surface area contributed by atoms with Crippen molar-refractivity contribution >= 4 is 15.7 Å². The molecule has 0 aliphatic heterocycles. The molecule has 0 aromatic heterocycles. The Hall–Kier alpha value is -1.18. The molecule has 0 fully saturated rings. The van der Waals surface area contributed by atoms with Gasteiger partial charge in [-0.1, -0.05) is 0 Å². The van der Waals surface area contributed by atoms with Crippen molar-refractivity contribution in [1.82, 2.24) is 9.62 Å². The third-order valence-corrected chi connectivity index (χ3v) is 4.41. The summed E-state index contributed by atoms with van der Waals surface area (Å²) < 4.78 is 40.1. The molecule has 1 aromatic carbocycles. The van der Waals surface area contributed by atoms with Crippen LogP contribution in [0.15, 0.2) is 17.0 Å². The minimum absolute atomic E-state index is 0.263. The first-order valence-electron chi connectivity index (χ1n) is 6.44. The Morgan fingerprint density at radius 3 is 2.55 bits per heavy atom. The van der Waals surface area contributed by atoms with Crippen LogP contribution in [0.25, 0.3) is 0 Å². The van der Waals surface area contributed by atoms with Crippen molar-refractivity contribution in [2.75, 3.05) is 32.9 Å². The van der Waals surface area contributed by atoms with Gasteiger partial charge in [0.2, 0.25) is 10.0 Å². The van der Waals surface area contributed by atoms with Gasteiger partial charge in [-0.3, -0.25) is 0 Å². The normalized spacial score (nSPS) is 12.1. The SMILES string of the molecule is Cc1cc(F)c(S(=O)(=O)NCCCCN(C)C)cc1N. The second-order valence-electron chi connectivity index (χ2n) is 5.05. The molecular formula is C13H22FN3O2S. The van der Waals surface area contributed by atoms with Crippen molar-refractivity contribution in [3.8, 4) is 0 Å². The molecule has 0 spiro atoms. The van der Waals surface area contributed by atoms with E-state index in [2.05, 4.69) is 4.72 Å². The largest absolute Gasteiger partial charge is 0.398 e. The Morgan fingerprint density at radius 2 is 1.95 bits per heavy atom. The van der Waals surface area contributed by atoms with Crippen molar-refractivity contribution in [3.05, 3.63) is 23.5 Å². The summed E-state index contributed by atoms with van der Waals surface area (Å²) in [6.45, 7) is 2.79. The molecule has 0 saturated carbocycles. The third kappa shape index (κ3) is 4.73. The van der Waals surface area contributed by atoms with Crippen LogP contribution in [0.5, 0.6) is 0 Å². The first kappa shape index (κ1) is 16.9. The van der Waals surface area contributed by atoms with E-state index in [4.69, 9.17) is 5.73 Å². The van der Waals surface area contributed by atoms with Gasteiger partial charge in [-0.2, -0.15) is 0 Å². The monoisotopic (exact) mass is 303 g/mol. The predicted molar refractivity (Wildman–Crippen MR) is 78.5 cm³/mol. The Morgan fingerprint density at radius 1 is 1.30 bits per heavy atom. The van der Waals surface area contributed by atoms with Gasteiger partial charge in [0.25, 0.3) is 0 Å². The van der Waals surface area contributed by atoms with Crippen LogP contribution >= 0.6 is 0 Å². The molecule has 1 rings (SSSR count). The van der Waals surface area contributed by atoms with Crippen LogP contribution in [0.2, 0.25) is 0 Å². The molecule has 0 unspecified atom stereocenters. The Labute approximate surface area is 120 Å². The summed E-state index contributed by atoms with van der Waals surface area (Å²) in [5, 5.41) is 0. The summed E-state index contributed by atoms with van der Waals surface area (Å²) >= 11 is 0. The van der Waals surface area contributed by atoms with E-state index in [9.17, 15) is 12.8 Å². The van der Waals surface area contributed by atoms with Gasteiger partial charge in [0.1, 0.15) is 10.7 Å². The zero-order chi connectivity index (χ0) is 15.3. The average molecular weight is 303 g/mol. The lowest BCUT2D eigenvalue weighted by molar-refractivity contribution is 0.394. The highest BCUT2D eigenvalue weighted by molar-refractivity contribution is 7.89. The lowest BCUT2D eigenvalue weighted by atomic mass is 10.2. The fourth-order valence-electron chi connectivity index (χ4n) is 1.71. The second-order valence-corrected chi connectivity index (χ2v) is 6.78. The maximum atomic E-state index is 13.7. The highest BCUT2D eigenvalue weighted by Gasteiger charge is 2.19. The molecule has 1 aromatic rings. The predicted octanol–water partition coefficient (Wildman–Crippen LogP) is 1.34. The number of aryl methyl sites for hydroxylation is 1. The van der Waals surface area contributed by atoms with Gasteiger partial charge >= 0.3 is 0 Å². The standard InChI is InChI=1S/C13H22FN3O2S/c1-10-8-11(14)13(9-12(10)15)20(18,19)16-6-4-5-7-17(2)3/h8-9,16H,4-7,15H2,1-3H3. The second kappa shape index (κ2) is 7.01. The molecule has 7 heteroatoms. The van der Waals surface area contributed by atoms with Crippen molar-refractivity contribution in [2.45, 2.75) is 24.7 Å². The molecule has 0 aliphatic carbocycles. The average Bonchev–Trinajstić information content (AvgIpc) is 2.32. The van der Waals surface area contributed by atoms with Gasteiger partial charge in [-0.25, -0.2) is 17.5 Å². The van der Waals surface area contributed by atoms with Crippen LogP contribution in [-0.2, 0) is 10.0 Å².